The van der Waals surface area contributed by atoms with Crippen LogP contribution in [0.25, 0.3) is 5.57 Å². The minimum absolute atomic E-state index is 0.0432. The van der Waals surface area contributed by atoms with Crippen LogP contribution in [0.3, 0.4) is 0 Å². The Bertz CT molecular complexity index is 1450. The summed E-state index contributed by atoms with van der Waals surface area (Å²) in [4.78, 5) is 17.5. The van der Waals surface area contributed by atoms with Gasteiger partial charge in [-0.15, -0.1) is 11.8 Å². The summed E-state index contributed by atoms with van der Waals surface area (Å²) in [5.74, 6) is 0.601. The zero-order valence-electron chi connectivity index (χ0n) is 19.7. The fraction of sp³-hybridized carbons (Fsp3) is 0.129. The van der Waals surface area contributed by atoms with E-state index in [1.165, 1.54) is 5.56 Å². The molecule has 2 atom stereocenters. The van der Waals surface area contributed by atoms with Gasteiger partial charge in [0.2, 0.25) is 5.72 Å². The molecular weight excluding hydrogens is 530 g/mol. The Morgan fingerprint density at radius 2 is 1.50 bits per heavy atom. The molecule has 5 heteroatoms. The van der Waals surface area contributed by atoms with Crippen molar-refractivity contribution in [3.63, 3.8) is 0 Å². The number of benzene rings is 4. The van der Waals surface area contributed by atoms with Gasteiger partial charge in [0.15, 0.2) is 0 Å². The van der Waals surface area contributed by atoms with Crippen LogP contribution in [0.5, 0.6) is 0 Å². The van der Waals surface area contributed by atoms with Crippen molar-refractivity contribution in [3.8, 4) is 0 Å². The van der Waals surface area contributed by atoms with Gasteiger partial charge in [0.05, 0.1) is 11.3 Å². The molecule has 2 heterocycles. The van der Waals surface area contributed by atoms with Crippen LogP contribution in [0.2, 0.25) is 0 Å². The molecule has 0 aliphatic carbocycles. The number of amides is 1. The van der Waals surface area contributed by atoms with Crippen LogP contribution < -0.4 is 4.90 Å². The Hall–Kier alpha value is -3.28. The largest absolute Gasteiger partial charge is 0.467 e. The van der Waals surface area contributed by atoms with Crippen LogP contribution in [0.1, 0.15) is 35.3 Å². The number of anilines is 1. The molecule has 1 amide bonds. The van der Waals surface area contributed by atoms with Crippen LogP contribution in [-0.2, 0) is 15.3 Å². The van der Waals surface area contributed by atoms with E-state index in [-0.39, 0.29) is 11.2 Å². The molecule has 0 saturated carbocycles. The van der Waals surface area contributed by atoms with Gasteiger partial charge in [0, 0.05) is 26.6 Å². The number of ether oxygens (including phenoxy) is 1. The summed E-state index contributed by atoms with van der Waals surface area (Å²) in [6.45, 7) is 1.92. The van der Waals surface area contributed by atoms with Crippen molar-refractivity contribution in [1.82, 2.24) is 0 Å². The van der Waals surface area contributed by atoms with Gasteiger partial charge >= 0.3 is 0 Å². The number of rotatable bonds is 3. The second-order valence-corrected chi connectivity index (χ2v) is 11.2. The first-order valence-electron chi connectivity index (χ1n) is 11.9. The molecule has 0 fully saturated rings. The van der Waals surface area contributed by atoms with E-state index in [0.29, 0.717) is 17.8 Å². The number of hydrogen-bond acceptors (Lipinski definition) is 3. The topological polar surface area (TPSA) is 29.5 Å². The van der Waals surface area contributed by atoms with E-state index >= 15 is 0 Å². The van der Waals surface area contributed by atoms with Crippen LogP contribution in [0.4, 0.5) is 5.69 Å². The summed E-state index contributed by atoms with van der Waals surface area (Å²) < 4.78 is 8.02. The van der Waals surface area contributed by atoms with Crippen molar-refractivity contribution in [2.75, 3.05) is 4.90 Å². The number of allylic oxidation sites excluding steroid dienone is 1. The van der Waals surface area contributed by atoms with Crippen molar-refractivity contribution >= 4 is 44.9 Å². The molecule has 0 aromatic heterocycles. The highest BCUT2D eigenvalue weighted by Crippen LogP contribution is 2.56. The molecule has 0 unspecified atom stereocenters. The number of carbonyl (C=O) groups is 1. The molecule has 178 valence electrons. The molecule has 4 aromatic carbocycles. The molecule has 0 saturated heterocycles. The van der Waals surface area contributed by atoms with Crippen molar-refractivity contribution < 1.29 is 9.53 Å². The first-order valence-corrected chi connectivity index (χ1v) is 13.6. The van der Waals surface area contributed by atoms with Gasteiger partial charge in [-0.3, -0.25) is 9.69 Å². The maximum atomic E-state index is 14.5. The van der Waals surface area contributed by atoms with Gasteiger partial charge in [-0.05, 0) is 42.3 Å². The van der Waals surface area contributed by atoms with Crippen LogP contribution >= 0.6 is 27.7 Å². The predicted octanol–water partition coefficient (Wildman–Crippen LogP) is 8.33. The lowest BCUT2D eigenvalue weighted by Crippen LogP contribution is -2.55. The minimum atomic E-state index is -0.988. The Labute approximate surface area is 223 Å². The Morgan fingerprint density at radius 3 is 2.22 bits per heavy atom. The molecule has 2 aliphatic rings. The average Bonchev–Trinajstić information content (AvgIpc) is 3.05. The molecule has 6 rings (SSSR count). The first-order chi connectivity index (χ1) is 17.6. The maximum Gasteiger partial charge on any atom is 0.265 e. The molecular formula is C31H24BrNO2S. The molecule has 2 aliphatic heterocycles. The normalized spacial score (nSPS) is 21.3. The number of para-hydroxylation sites is 1. The minimum Gasteiger partial charge on any atom is -0.467 e. The lowest BCUT2D eigenvalue weighted by Gasteiger charge is -2.47. The van der Waals surface area contributed by atoms with Gasteiger partial charge in [-0.1, -0.05) is 101 Å². The lowest BCUT2D eigenvalue weighted by molar-refractivity contribution is -0.123. The fourth-order valence-corrected chi connectivity index (χ4v) is 6.81. The first kappa shape index (κ1) is 23.1. The highest BCUT2D eigenvalue weighted by atomic mass is 79.9. The highest BCUT2D eigenvalue weighted by Gasteiger charge is 2.53. The van der Waals surface area contributed by atoms with Crippen molar-refractivity contribution in [2.24, 2.45) is 0 Å². The smallest absolute Gasteiger partial charge is 0.265 e. The Kier molecular flexibility index (Phi) is 5.98. The van der Waals surface area contributed by atoms with Crippen LogP contribution in [0, 0.1) is 0 Å². The zero-order valence-corrected chi connectivity index (χ0v) is 22.1. The second kappa shape index (κ2) is 9.30. The maximum absolute atomic E-state index is 14.5. The number of thioether (sulfide) groups is 1. The van der Waals surface area contributed by atoms with E-state index in [4.69, 9.17) is 4.74 Å². The Balaban J connectivity index is 1.61. The molecule has 36 heavy (non-hydrogen) atoms. The van der Waals surface area contributed by atoms with Crippen molar-refractivity contribution in [1.29, 1.82) is 0 Å². The van der Waals surface area contributed by atoms with Gasteiger partial charge < -0.3 is 4.74 Å². The number of carbonyl (C=O) groups excluding carboxylic acids is 1. The van der Waals surface area contributed by atoms with E-state index < -0.39 is 5.72 Å². The van der Waals surface area contributed by atoms with Crippen molar-refractivity contribution in [2.45, 2.75) is 29.2 Å². The summed E-state index contributed by atoms with van der Waals surface area (Å²) in [6, 6.07) is 36.6. The number of hydrogen-bond donors (Lipinski definition) is 0. The van der Waals surface area contributed by atoms with Gasteiger partial charge in [-0.25, -0.2) is 0 Å². The molecule has 0 radical (unpaired) electrons. The number of halogens is 1. The third-order valence-electron chi connectivity index (χ3n) is 6.82. The summed E-state index contributed by atoms with van der Waals surface area (Å²) in [6.07, 6.45) is 0.600. The molecule has 4 aromatic rings. The van der Waals surface area contributed by atoms with Gasteiger partial charge in [0.1, 0.15) is 5.76 Å². The fourth-order valence-electron chi connectivity index (χ4n) is 5.20. The predicted molar refractivity (Wildman–Crippen MR) is 150 cm³/mol. The summed E-state index contributed by atoms with van der Waals surface area (Å²) in [5.41, 5.74) is 3.50. The third kappa shape index (κ3) is 3.87. The van der Waals surface area contributed by atoms with Crippen LogP contribution in [-0.4, -0.2) is 5.91 Å². The summed E-state index contributed by atoms with van der Waals surface area (Å²) in [5, 5.41) is 0.0725. The third-order valence-corrected chi connectivity index (χ3v) is 8.67. The second-order valence-electron chi connectivity index (χ2n) is 9.02. The van der Waals surface area contributed by atoms with E-state index in [1.54, 1.807) is 11.8 Å². The van der Waals surface area contributed by atoms with E-state index in [9.17, 15) is 4.79 Å². The Morgan fingerprint density at radius 1 is 0.861 bits per heavy atom. The molecule has 0 spiro atoms. The quantitative estimate of drug-likeness (QED) is 0.255. The lowest BCUT2D eigenvalue weighted by atomic mass is 9.89. The molecule has 0 bridgehead atoms. The standard InChI is InChI=1S/C31H24BrNO2S/c1-21-29(23-10-4-2-5-11-23)30(34)33-26-14-8-9-15-27(26)36-28(22-16-18-25(32)19-17-22)20-31(33,35-21)24-12-6-3-7-13-24/h2-19,28H,20H2,1H3/t28-,31+/m1/s1. The van der Waals surface area contributed by atoms with Gasteiger partial charge in [-0.2, -0.15) is 0 Å². The molecule has 3 nitrogen and oxygen atoms in total. The SMILES string of the molecule is CC1=C(c2ccccc2)C(=O)N2c3ccccc3S[C@@H](c3ccc(Br)cc3)C[C@@]2(c2ccccc2)O1. The van der Waals surface area contributed by atoms with Crippen molar-refractivity contribution in [3.05, 3.63) is 136 Å². The van der Waals surface area contributed by atoms with E-state index in [2.05, 4.69) is 58.4 Å². The monoisotopic (exact) mass is 553 g/mol. The highest BCUT2D eigenvalue weighted by molar-refractivity contribution is 9.10. The summed E-state index contributed by atoms with van der Waals surface area (Å²) in [7, 11) is 0. The number of nitrogens with zero attached hydrogens (tertiary/aromatic N) is 1. The van der Waals surface area contributed by atoms with Gasteiger partial charge in [0.25, 0.3) is 5.91 Å². The zero-order chi connectivity index (χ0) is 24.7. The summed E-state index contributed by atoms with van der Waals surface area (Å²) >= 11 is 5.36. The average molecular weight is 555 g/mol. The molecule has 0 N–H and O–H groups in total. The van der Waals surface area contributed by atoms with E-state index in [1.807, 2.05) is 78.6 Å². The van der Waals surface area contributed by atoms with E-state index in [0.717, 1.165) is 26.2 Å². The van der Waals surface area contributed by atoms with Crippen LogP contribution in [0.15, 0.2) is 124 Å². The number of fused-ring (bicyclic) bond motifs is 3.